The van der Waals surface area contributed by atoms with Gasteiger partial charge in [-0.25, -0.2) is 4.39 Å². The lowest BCUT2D eigenvalue weighted by atomic mass is 9.89. The van der Waals surface area contributed by atoms with Gasteiger partial charge in [0, 0.05) is 11.6 Å². The normalized spacial score (nSPS) is 21.0. The number of benzene rings is 2. The Bertz CT molecular complexity index is 935. The lowest BCUT2D eigenvalue weighted by Gasteiger charge is -2.42. The average molecular weight is 415 g/mol. The molecule has 0 saturated carbocycles. The molecule has 2 aliphatic rings. The van der Waals surface area contributed by atoms with Crippen LogP contribution in [0.3, 0.4) is 0 Å². The number of anilines is 1. The van der Waals surface area contributed by atoms with E-state index in [1.54, 1.807) is 29.2 Å². The number of rotatable bonds is 1. The molecule has 4 rings (SSSR count). The van der Waals surface area contributed by atoms with E-state index in [0.717, 1.165) is 0 Å². The number of amides is 1. The van der Waals surface area contributed by atoms with Crippen molar-refractivity contribution >= 4 is 23.2 Å². The zero-order valence-electron chi connectivity index (χ0n) is 14.4. The molecule has 9 heteroatoms. The highest BCUT2D eigenvalue weighted by Crippen LogP contribution is 2.49. The number of ether oxygens (including phenoxy) is 1. The van der Waals surface area contributed by atoms with Crippen LogP contribution in [-0.4, -0.2) is 24.7 Å². The third-order valence-electron chi connectivity index (χ3n) is 4.96. The molecule has 0 aliphatic carbocycles. The molecule has 1 N–H and O–H groups in total. The van der Waals surface area contributed by atoms with Crippen molar-refractivity contribution in [3.8, 4) is 11.5 Å². The first-order valence-electron chi connectivity index (χ1n) is 8.66. The summed E-state index contributed by atoms with van der Waals surface area (Å²) in [5.41, 5.74) is 0.654. The quantitative estimate of drug-likeness (QED) is 0.670. The summed E-state index contributed by atoms with van der Waals surface area (Å²) < 4.78 is 59.2. The molecule has 0 bridgehead atoms. The van der Waals surface area contributed by atoms with Gasteiger partial charge in [-0.3, -0.25) is 4.79 Å². The number of piperidine rings is 1. The first-order valence-corrected chi connectivity index (χ1v) is 9.03. The van der Waals surface area contributed by atoms with E-state index in [-0.39, 0.29) is 17.7 Å². The molecule has 2 unspecified atom stereocenters. The molecule has 1 saturated heterocycles. The Hall–Kier alpha value is -2.48. The maximum atomic E-state index is 14.8. The average Bonchev–Trinajstić information content (AvgIpc) is 2.77. The van der Waals surface area contributed by atoms with Gasteiger partial charge in [0.25, 0.3) is 0 Å². The summed E-state index contributed by atoms with van der Waals surface area (Å²) in [7, 11) is 0. The van der Waals surface area contributed by atoms with Crippen LogP contribution in [0.5, 0.6) is 11.5 Å². The molecule has 0 aromatic heterocycles. The van der Waals surface area contributed by atoms with Gasteiger partial charge < -0.3 is 15.0 Å². The molecular formula is C19H15ClF4N2O2. The number of nitrogens with one attached hydrogen (secondary N) is 1. The van der Waals surface area contributed by atoms with Gasteiger partial charge >= 0.3 is 12.1 Å². The summed E-state index contributed by atoms with van der Waals surface area (Å²) >= 11 is 6.11. The fourth-order valence-electron chi connectivity index (χ4n) is 3.84. The van der Waals surface area contributed by atoms with Crippen LogP contribution in [0.4, 0.5) is 23.2 Å². The maximum Gasteiger partial charge on any atom is 0.471 e. The summed E-state index contributed by atoms with van der Waals surface area (Å²) in [5, 5.41) is 2.45. The van der Waals surface area contributed by atoms with Crippen molar-refractivity contribution in [2.75, 3.05) is 11.4 Å². The SMILES string of the molecule is O=C(NC1CCCN2c3cc(Cl)ccc3Oc3cccc(F)c3C12)C(F)(F)F. The molecule has 148 valence electrons. The van der Waals surface area contributed by atoms with E-state index in [1.807, 2.05) is 5.32 Å². The van der Waals surface area contributed by atoms with Crippen molar-refractivity contribution < 1.29 is 27.1 Å². The second-order valence-electron chi connectivity index (χ2n) is 6.72. The smallest absolute Gasteiger partial charge is 0.455 e. The molecule has 28 heavy (non-hydrogen) atoms. The number of nitrogens with zero attached hydrogens (tertiary/aromatic N) is 1. The first kappa shape index (κ1) is 18.9. The number of hydrogen-bond donors (Lipinski definition) is 1. The van der Waals surface area contributed by atoms with Crippen LogP contribution >= 0.6 is 11.6 Å². The molecule has 2 aromatic carbocycles. The lowest BCUT2D eigenvalue weighted by Crippen LogP contribution is -2.53. The Morgan fingerprint density at radius 3 is 2.75 bits per heavy atom. The Morgan fingerprint density at radius 1 is 1.21 bits per heavy atom. The van der Waals surface area contributed by atoms with Crippen LogP contribution in [0.2, 0.25) is 5.02 Å². The van der Waals surface area contributed by atoms with Gasteiger partial charge in [0.1, 0.15) is 11.6 Å². The Balaban J connectivity index is 1.85. The highest BCUT2D eigenvalue weighted by atomic mass is 35.5. The number of carbonyl (C=O) groups is 1. The van der Waals surface area contributed by atoms with Gasteiger partial charge in [-0.15, -0.1) is 0 Å². The summed E-state index contributed by atoms with van der Waals surface area (Å²) in [4.78, 5) is 13.3. The van der Waals surface area contributed by atoms with E-state index in [0.29, 0.717) is 29.4 Å². The summed E-state index contributed by atoms with van der Waals surface area (Å²) in [6.07, 6.45) is -4.25. The highest BCUT2D eigenvalue weighted by Gasteiger charge is 2.45. The molecule has 1 fully saturated rings. The zero-order valence-corrected chi connectivity index (χ0v) is 15.1. The largest absolute Gasteiger partial charge is 0.471 e. The van der Waals surface area contributed by atoms with Gasteiger partial charge in [-0.2, -0.15) is 13.2 Å². The van der Waals surface area contributed by atoms with Crippen LogP contribution in [0.1, 0.15) is 24.4 Å². The molecule has 2 heterocycles. The van der Waals surface area contributed by atoms with E-state index < -0.39 is 30.0 Å². The van der Waals surface area contributed by atoms with Crippen LogP contribution in [-0.2, 0) is 4.79 Å². The molecule has 1 amide bonds. The number of hydrogen-bond acceptors (Lipinski definition) is 3. The molecule has 2 aromatic rings. The Labute approximate surface area is 163 Å². The monoisotopic (exact) mass is 414 g/mol. The maximum absolute atomic E-state index is 14.8. The second-order valence-corrected chi connectivity index (χ2v) is 7.16. The van der Waals surface area contributed by atoms with E-state index in [2.05, 4.69) is 0 Å². The minimum atomic E-state index is -5.03. The fourth-order valence-corrected chi connectivity index (χ4v) is 4.00. The highest BCUT2D eigenvalue weighted by molar-refractivity contribution is 6.31. The first-order chi connectivity index (χ1) is 13.3. The van der Waals surface area contributed by atoms with Crippen molar-refractivity contribution in [2.45, 2.75) is 31.1 Å². The molecule has 4 nitrogen and oxygen atoms in total. The van der Waals surface area contributed by atoms with Crippen LogP contribution in [0, 0.1) is 5.82 Å². The number of carbonyl (C=O) groups excluding carboxylic acids is 1. The zero-order chi connectivity index (χ0) is 20.1. The third kappa shape index (κ3) is 3.26. The van der Waals surface area contributed by atoms with Gasteiger partial charge in [0.15, 0.2) is 5.75 Å². The van der Waals surface area contributed by atoms with Crippen molar-refractivity contribution in [1.29, 1.82) is 0 Å². The molecule has 0 radical (unpaired) electrons. The van der Waals surface area contributed by atoms with Crippen LogP contribution in [0.15, 0.2) is 36.4 Å². The molecule has 2 aliphatic heterocycles. The third-order valence-corrected chi connectivity index (χ3v) is 5.20. The van der Waals surface area contributed by atoms with Gasteiger partial charge in [-0.1, -0.05) is 17.7 Å². The minimum Gasteiger partial charge on any atom is -0.455 e. The van der Waals surface area contributed by atoms with Crippen molar-refractivity contribution in [2.24, 2.45) is 0 Å². The summed E-state index contributed by atoms with van der Waals surface area (Å²) in [6, 6.07) is 7.30. The Morgan fingerprint density at radius 2 is 2.00 bits per heavy atom. The molecule has 0 spiro atoms. The van der Waals surface area contributed by atoms with Gasteiger partial charge in [-0.05, 0) is 43.2 Å². The van der Waals surface area contributed by atoms with Gasteiger partial charge in [0.05, 0.1) is 23.3 Å². The van der Waals surface area contributed by atoms with E-state index in [1.165, 1.54) is 12.1 Å². The number of halogens is 5. The Kier molecular flexibility index (Phi) is 4.61. The predicted molar refractivity (Wildman–Crippen MR) is 95.2 cm³/mol. The fraction of sp³-hybridized carbons (Fsp3) is 0.316. The molecular weight excluding hydrogens is 400 g/mol. The van der Waals surface area contributed by atoms with Crippen LogP contribution in [0.25, 0.3) is 0 Å². The van der Waals surface area contributed by atoms with E-state index in [4.69, 9.17) is 16.3 Å². The topological polar surface area (TPSA) is 41.6 Å². The number of fused-ring (bicyclic) bond motifs is 5. The molecule has 2 atom stereocenters. The predicted octanol–water partition coefficient (Wildman–Crippen LogP) is 4.97. The minimum absolute atomic E-state index is 0.113. The van der Waals surface area contributed by atoms with Crippen molar-refractivity contribution in [3.63, 3.8) is 0 Å². The number of alkyl halides is 3. The van der Waals surface area contributed by atoms with Crippen molar-refractivity contribution in [3.05, 3.63) is 52.8 Å². The summed E-state index contributed by atoms with van der Waals surface area (Å²) in [5.74, 6) is -2.04. The van der Waals surface area contributed by atoms with Gasteiger partial charge in [0.2, 0.25) is 0 Å². The summed E-state index contributed by atoms with van der Waals surface area (Å²) in [6.45, 7) is 0.452. The lowest BCUT2D eigenvalue weighted by molar-refractivity contribution is -0.174. The second kappa shape index (κ2) is 6.84. The van der Waals surface area contributed by atoms with Crippen LogP contribution < -0.4 is 15.0 Å². The van der Waals surface area contributed by atoms with Crippen molar-refractivity contribution in [1.82, 2.24) is 5.32 Å². The van der Waals surface area contributed by atoms with E-state index in [9.17, 15) is 22.4 Å². The standard InChI is InChI=1S/C19H15ClF4N2O2/c20-10-6-7-14-13(9-10)26-8-2-4-12(25-18(27)19(22,23)24)17(26)16-11(21)3-1-5-15(16)28-14/h1,3,5-7,9,12,17H,2,4,8H2,(H,25,27). The van der Waals surface area contributed by atoms with E-state index >= 15 is 0 Å².